The Morgan fingerprint density at radius 1 is 1.46 bits per heavy atom. The van der Waals surface area contributed by atoms with Gasteiger partial charge in [-0.25, -0.2) is 0 Å². The molecule has 0 unspecified atom stereocenters. The molecule has 0 aliphatic carbocycles. The number of dihydropyridines is 1. The van der Waals surface area contributed by atoms with E-state index in [2.05, 4.69) is 41.6 Å². The van der Waals surface area contributed by atoms with Crippen molar-refractivity contribution in [3.8, 4) is 0 Å². The topological polar surface area (TPSA) is 36.4 Å². The molecule has 0 aromatic rings. The molecule has 0 saturated heterocycles. The predicted octanol–water partition coefficient (Wildman–Crippen LogP) is 0.932. The van der Waals surface area contributed by atoms with Crippen LogP contribution in [0.5, 0.6) is 0 Å². The maximum Gasteiger partial charge on any atom is 0.120 e. The first kappa shape index (κ1) is 10.3. The average Bonchev–Trinajstić information content (AvgIpc) is 2.14. The van der Waals surface area contributed by atoms with Gasteiger partial charge < -0.3 is 10.6 Å². The van der Waals surface area contributed by atoms with Crippen LogP contribution in [0, 0.1) is 0 Å². The van der Waals surface area contributed by atoms with E-state index >= 15 is 0 Å². The van der Waals surface area contributed by atoms with Gasteiger partial charge in [0, 0.05) is 25.7 Å². The van der Waals surface area contributed by atoms with Gasteiger partial charge in [-0.15, -0.1) is 0 Å². The summed E-state index contributed by atoms with van der Waals surface area (Å²) in [4.78, 5) is 4.34. The van der Waals surface area contributed by atoms with Gasteiger partial charge in [-0.3, -0.25) is 4.99 Å². The maximum atomic E-state index is 4.34. The molecule has 0 atom stereocenters. The molecule has 1 aliphatic heterocycles. The predicted molar refractivity (Wildman–Crippen MR) is 57.2 cm³/mol. The van der Waals surface area contributed by atoms with Gasteiger partial charge in [0.1, 0.15) is 5.84 Å². The standard InChI is InChI=1S/C10H19N3/c1-9(2)11-7-8-13-10-5-3-4-6-12-10/h3,5,9,11H,4,6-8H2,1-2H3,(H,12,13). The number of amidine groups is 1. The number of nitrogens with zero attached hydrogens (tertiary/aromatic N) is 1. The van der Waals surface area contributed by atoms with E-state index < -0.39 is 0 Å². The highest BCUT2D eigenvalue weighted by molar-refractivity contribution is 5.93. The fraction of sp³-hybridized carbons (Fsp3) is 0.700. The van der Waals surface area contributed by atoms with E-state index in [1.165, 1.54) is 0 Å². The zero-order chi connectivity index (χ0) is 9.52. The molecule has 74 valence electrons. The molecule has 0 aromatic heterocycles. The van der Waals surface area contributed by atoms with Crippen LogP contribution < -0.4 is 10.6 Å². The quantitative estimate of drug-likeness (QED) is 0.633. The minimum Gasteiger partial charge on any atom is -0.369 e. The fourth-order valence-corrected chi connectivity index (χ4v) is 1.17. The average molecular weight is 181 g/mol. The largest absolute Gasteiger partial charge is 0.369 e. The summed E-state index contributed by atoms with van der Waals surface area (Å²) >= 11 is 0. The van der Waals surface area contributed by atoms with Crippen LogP contribution in [0.4, 0.5) is 0 Å². The molecule has 3 nitrogen and oxygen atoms in total. The lowest BCUT2D eigenvalue weighted by atomic mass is 10.3. The van der Waals surface area contributed by atoms with Gasteiger partial charge in [-0.05, 0) is 12.5 Å². The SMILES string of the molecule is CC(C)NCCNC1=NCCC=C1. The summed E-state index contributed by atoms with van der Waals surface area (Å²) in [6.45, 7) is 7.17. The van der Waals surface area contributed by atoms with Crippen LogP contribution >= 0.6 is 0 Å². The lowest BCUT2D eigenvalue weighted by Crippen LogP contribution is -2.34. The molecule has 0 amide bonds. The zero-order valence-corrected chi connectivity index (χ0v) is 8.51. The van der Waals surface area contributed by atoms with E-state index in [1.807, 2.05) is 0 Å². The van der Waals surface area contributed by atoms with Gasteiger partial charge in [0.2, 0.25) is 0 Å². The van der Waals surface area contributed by atoms with Gasteiger partial charge >= 0.3 is 0 Å². The Morgan fingerprint density at radius 2 is 2.31 bits per heavy atom. The second kappa shape index (κ2) is 5.75. The second-order valence-electron chi connectivity index (χ2n) is 3.49. The number of aliphatic imine (C=N–C) groups is 1. The van der Waals surface area contributed by atoms with Crippen LogP contribution in [-0.2, 0) is 0 Å². The van der Waals surface area contributed by atoms with Crippen molar-refractivity contribution in [2.24, 2.45) is 4.99 Å². The van der Waals surface area contributed by atoms with E-state index in [0.29, 0.717) is 6.04 Å². The molecule has 0 saturated carbocycles. The molecule has 3 heteroatoms. The van der Waals surface area contributed by atoms with Crippen molar-refractivity contribution >= 4 is 5.84 Å². The second-order valence-corrected chi connectivity index (χ2v) is 3.49. The van der Waals surface area contributed by atoms with E-state index in [1.54, 1.807) is 0 Å². The van der Waals surface area contributed by atoms with Crippen molar-refractivity contribution in [2.45, 2.75) is 26.3 Å². The van der Waals surface area contributed by atoms with Crippen LogP contribution in [0.1, 0.15) is 20.3 Å². The molecule has 1 heterocycles. The van der Waals surface area contributed by atoms with Gasteiger partial charge in [-0.2, -0.15) is 0 Å². The highest BCUT2D eigenvalue weighted by atomic mass is 15.0. The zero-order valence-electron chi connectivity index (χ0n) is 8.51. The van der Waals surface area contributed by atoms with E-state index in [-0.39, 0.29) is 0 Å². The summed E-state index contributed by atoms with van der Waals surface area (Å²) in [5, 5.41) is 6.62. The van der Waals surface area contributed by atoms with Crippen LogP contribution in [0.15, 0.2) is 17.1 Å². The highest BCUT2D eigenvalue weighted by Gasteiger charge is 1.97. The van der Waals surface area contributed by atoms with Gasteiger partial charge in [-0.1, -0.05) is 19.9 Å². The Hall–Kier alpha value is -0.830. The maximum absolute atomic E-state index is 4.34. The third-order valence-corrected chi connectivity index (χ3v) is 1.84. The number of hydrogen-bond acceptors (Lipinski definition) is 3. The van der Waals surface area contributed by atoms with Gasteiger partial charge in [0.25, 0.3) is 0 Å². The van der Waals surface area contributed by atoms with Crippen molar-refractivity contribution in [3.63, 3.8) is 0 Å². The molecule has 1 rings (SSSR count). The molecule has 13 heavy (non-hydrogen) atoms. The molecule has 0 spiro atoms. The summed E-state index contributed by atoms with van der Waals surface area (Å²) < 4.78 is 0. The fourth-order valence-electron chi connectivity index (χ4n) is 1.17. The Kier molecular flexibility index (Phi) is 4.54. The number of nitrogens with one attached hydrogen (secondary N) is 2. The molecular weight excluding hydrogens is 162 g/mol. The van der Waals surface area contributed by atoms with Crippen molar-refractivity contribution in [1.29, 1.82) is 0 Å². The van der Waals surface area contributed by atoms with Crippen LogP contribution in [0.25, 0.3) is 0 Å². The van der Waals surface area contributed by atoms with Crippen molar-refractivity contribution in [2.75, 3.05) is 19.6 Å². The third kappa shape index (κ3) is 4.68. The van der Waals surface area contributed by atoms with E-state index in [9.17, 15) is 0 Å². The molecule has 0 radical (unpaired) electrons. The van der Waals surface area contributed by atoms with E-state index in [4.69, 9.17) is 0 Å². The first-order valence-corrected chi connectivity index (χ1v) is 4.97. The third-order valence-electron chi connectivity index (χ3n) is 1.84. The summed E-state index contributed by atoms with van der Waals surface area (Å²) in [5.74, 6) is 1.02. The Bertz CT molecular complexity index is 194. The lowest BCUT2D eigenvalue weighted by Gasteiger charge is -2.11. The Labute approximate surface area is 80.3 Å². The van der Waals surface area contributed by atoms with Crippen LogP contribution in [0.2, 0.25) is 0 Å². The van der Waals surface area contributed by atoms with Crippen LogP contribution in [0.3, 0.4) is 0 Å². The van der Waals surface area contributed by atoms with Crippen LogP contribution in [-0.4, -0.2) is 31.5 Å². The normalized spacial score (nSPS) is 16.1. The Morgan fingerprint density at radius 3 is 2.92 bits per heavy atom. The molecular formula is C10H19N3. The monoisotopic (exact) mass is 181 g/mol. The molecule has 2 N–H and O–H groups in total. The van der Waals surface area contributed by atoms with Crippen molar-refractivity contribution in [3.05, 3.63) is 12.2 Å². The number of rotatable bonds is 4. The Balaban J connectivity index is 2.05. The van der Waals surface area contributed by atoms with Crippen molar-refractivity contribution in [1.82, 2.24) is 10.6 Å². The molecule has 1 aliphatic rings. The first-order valence-electron chi connectivity index (χ1n) is 4.97. The number of hydrogen-bond donors (Lipinski definition) is 2. The minimum absolute atomic E-state index is 0.561. The minimum atomic E-state index is 0.561. The van der Waals surface area contributed by atoms with Crippen molar-refractivity contribution < 1.29 is 0 Å². The highest BCUT2D eigenvalue weighted by Crippen LogP contribution is 1.93. The summed E-state index contributed by atoms with van der Waals surface area (Å²) in [6.07, 6.45) is 5.29. The summed E-state index contributed by atoms with van der Waals surface area (Å²) in [6, 6.07) is 0.561. The smallest absolute Gasteiger partial charge is 0.120 e. The van der Waals surface area contributed by atoms with Gasteiger partial charge in [0.15, 0.2) is 0 Å². The van der Waals surface area contributed by atoms with E-state index in [0.717, 1.165) is 31.9 Å². The lowest BCUT2D eigenvalue weighted by molar-refractivity contribution is 0.584. The summed E-state index contributed by atoms with van der Waals surface area (Å²) in [7, 11) is 0. The van der Waals surface area contributed by atoms with Gasteiger partial charge in [0.05, 0.1) is 0 Å². The molecule has 0 bridgehead atoms. The molecule has 0 aromatic carbocycles. The summed E-state index contributed by atoms with van der Waals surface area (Å²) in [5.41, 5.74) is 0. The molecule has 0 fully saturated rings. The first-order chi connectivity index (χ1) is 6.29.